The van der Waals surface area contributed by atoms with E-state index in [4.69, 9.17) is 34.1 Å². The Kier molecular flexibility index (Phi) is 3.56. The molecule has 1 amide bonds. The van der Waals surface area contributed by atoms with Crippen molar-refractivity contribution in [3.05, 3.63) is 10.3 Å². The van der Waals surface area contributed by atoms with Crippen molar-refractivity contribution in [1.82, 2.24) is 9.97 Å². The maximum atomic E-state index is 11.8. The molecule has 8 nitrogen and oxygen atoms in total. The van der Waals surface area contributed by atoms with Gasteiger partial charge in [0.25, 0.3) is 0 Å². The Hall–Kier alpha value is -1.16. The summed E-state index contributed by atoms with van der Waals surface area (Å²) in [5, 5.41) is 3.76. The van der Waals surface area contributed by atoms with E-state index in [1.54, 1.807) is 0 Å². The fourth-order valence-corrected chi connectivity index (χ4v) is 3.09. The van der Waals surface area contributed by atoms with Crippen molar-refractivity contribution < 1.29 is 13.2 Å². The molecule has 1 aromatic rings. The number of hydrogen-bond donors (Lipinski definition) is 2. The highest BCUT2D eigenvalue weighted by Gasteiger charge is 2.39. The number of rotatable bonds is 2. The van der Waals surface area contributed by atoms with Crippen LogP contribution in [0.15, 0.2) is 0 Å². The van der Waals surface area contributed by atoms with E-state index in [1.807, 2.05) is 0 Å². The van der Waals surface area contributed by atoms with E-state index >= 15 is 0 Å². The van der Waals surface area contributed by atoms with Crippen LogP contribution in [0.5, 0.6) is 0 Å². The van der Waals surface area contributed by atoms with Gasteiger partial charge in [0.15, 0.2) is 10.3 Å². The lowest BCUT2D eigenvalue weighted by atomic mass is 10.4. The van der Waals surface area contributed by atoms with Gasteiger partial charge in [-0.05, 0) is 0 Å². The number of carbonyl (C=O) groups is 1. The first-order valence-corrected chi connectivity index (χ1v) is 7.37. The predicted octanol–water partition coefficient (Wildman–Crippen LogP) is -0.241. The number of hydrogen-bond acceptors (Lipinski definition) is 6. The first-order valence-electron chi connectivity index (χ1n) is 5.00. The van der Waals surface area contributed by atoms with Gasteiger partial charge in [0, 0.05) is 13.0 Å². The third-order valence-electron chi connectivity index (χ3n) is 2.64. The number of nitrogens with two attached hydrogens (primary N) is 2. The zero-order valence-electron chi connectivity index (χ0n) is 9.38. The van der Waals surface area contributed by atoms with Gasteiger partial charge in [-0.3, -0.25) is 4.79 Å². The summed E-state index contributed by atoms with van der Waals surface area (Å²) in [4.78, 5) is 20.3. The second-order valence-corrected chi connectivity index (χ2v) is 6.49. The molecule has 0 spiro atoms. The Labute approximate surface area is 118 Å². The molecule has 1 aliphatic heterocycles. The van der Waals surface area contributed by atoms with Crippen molar-refractivity contribution in [3.8, 4) is 0 Å². The van der Waals surface area contributed by atoms with E-state index in [-0.39, 0.29) is 34.9 Å². The van der Waals surface area contributed by atoms with Gasteiger partial charge < -0.3 is 10.6 Å². The summed E-state index contributed by atoms with van der Waals surface area (Å²) < 4.78 is 22.5. The predicted molar refractivity (Wildman–Crippen MR) is 70.3 cm³/mol. The van der Waals surface area contributed by atoms with Crippen molar-refractivity contribution in [2.24, 2.45) is 5.14 Å². The number of carbonyl (C=O) groups excluding carboxylic acids is 1. The van der Waals surface area contributed by atoms with E-state index in [9.17, 15) is 13.2 Å². The van der Waals surface area contributed by atoms with Crippen molar-refractivity contribution in [3.63, 3.8) is 0 Å². The molecule has 1 saturated heterocycles. The summed E-state index contributed by atoms with van der Waals surface area (Å²) >= 11 is 11.7. The second-order valence-electron chi connectivity index (χ2n) is 3.93. The Morgan fingerprint density at radius 1 is 1.26 bits per heavy atom. The molecule has 4 N–H and O–H groups in total. The molecule has 0 saturated carbocycles. The first-order chi connectivity index (χ1) is 8.70. The van der Waals surface area contributed by atoms with E-state index in [0.29, 0.717) is 0 Å². The topological polar surface area (TPSA) is 132 Å². The highest BCUT2D eigenvalue weighted by Crippen LogP contribution is 2.35. The van der Waals surface area contributed by atoms with Crippen LogP contribution in [0.1, 0.15) is 6.42 Å². The smallest absolute Gasteiger partial charge is 0.228 e. The minimum Gasteiger partial charge on any atom is -0.368 e. The van der Waals surface area contributed by atoms with Crippen LogP contribution >= 0.6 is 23.2 Å². The van der Waals surface area contributed by atoms with Crippen molar-refractivity contribution >= 4 is 50.8 Å². The molecule has 0 radical (unpaired) electrons. The molecule has 2 rings (SSSR count). The van der Waals surface area contributed by atoms with Crippen molar-refractivity contribution in [2.75, 3.05) is 17.2 Å². The van der Waals surface area contributed by atoms with E-state index < -0.39 is 21.2 Å². The molecule has 104 valence electrons. The number of halogens is 2. The molecule has 1 fully saturated rings. The largest absolute Gasteiger partial charge is 0.368 e. The first kappa shape index (κ1) is 14.3. The Morgan fingerprint density at radius 3 is 2.21 bits per heavy atom. The molecule has 2 heterocycles. The summed E-state index contributed by atoms with van der Waals surface area (Å²) in [6.07, 6.45) is -0.240. The van der Waals surface area contributed by atoms with Crippen LogP contribution in [0.3, 0.4) is 0 Å². The molecule has 0 bridgehead atoms. The highest BCUT2D eigenvalue weighted by atomic mass is 35.5. The van der Waals surface area contributed by atoms with Crippen LogP contribution < -0.4 is 15.8 Å². The molecule has 1 aromatic heterocycles. The molecule has 0 aliphatic carbocycles. The number of nitrogens with zero attached hydrogens (tertiary/aromatic N) is 3. The fourth-order valence-electron chi connectivity index (χ4n) is 1.75. The van der Waals surface area contributed by atoms with Crippen LogP contribution in [-0.2, 0) is 14.8 Å². The minimum absolute atomic E-state index is 0.0358. The third-order valence-corrected chi connectivity index (χ3v) is 4.41. The quantitative estimate of drug-likeness (QED) is 0.721. The summed E-state index contributed by atoms with van der Waals surface area (Å²) in [5.74, 6) is -0.621. The maximum absolute atomic E-state index is 11.8. The lowest BCUT2D eigenvalue weighted by molar-refractivity contribution is -0.117. The van der Waals surface area contributed by atoms with E-state index in [1.165, 1.54) is 0 Å². The normalized spacial score (nSPS) is 20.1. The molecule has 0 aromatic carbocycles. The van der Waals surface area contributed by atoms with Gasteiger partial charge in [0.2, 0.25) is 21.9 Å². The van der Waals surface area contributed by atoms with Gasteiger partial charge in [0.05, 0.1) is 0 Å². The molecular formula is C8H9Cl2N5O3S. The molecular weight excluding hydrogens is 317 g/mol. The minimum atomic E-state index is -3.82. The average molecular weight is 326 g/mol. The average Bonchev–Trinajstić information content (AvgIpc) is 2.59. The standard InChI is InChI=1S/C8H9Cl2N5O3S/c9-6-5(7(10)14-8(11)13-6)15-2-3(1-4(15)16)19(12,17)18/h3H,1-2H2,(H2,11,13,14)(H2,12,17,18). The molecule has 11 heteroatoms. The number of primary sulfonamides is 1. The van der Waals surface area contributed by atoms with Crippen LogP contribution in [0, 0.1) is 0 Å². The Balaban J connectivity index is 2.42. The Bertz CT molecular complexity index is 627. The summed E-state index contributed by atoms with van der Waals surface area (Å²) in [6.45, 7) is -0.148. The van der Waals surface area contributed by atoms with Crippen LogP contribution in [0.4, 0.5) is 11.6 Å². The van der Waals surface area contributed by atoms with Gasteiger partial charge in [0.1, 0.15) is 10.9 Å². The summed E-state index contributed by atoms with van der Waals surface area (Å²) in [5.41, 5.74) is 5.38. The molecule has 1 unspecified atom stereocenters. The van der Waals surface area contributed by atoms with Gasteiger partial charge in [-0.2, -0.15) is 9.97 Å². The van der Waals surface area contributed by atoms with Gasteiger partial charge in [-0.1, -0.05) is 23.2 Å². The zero-order valence-corrected chi connectivity index (χ0v) is 11.7. The SMILES string of the molecule is Nc1nc(Cl)c(N2CC(S(N)(=O)=O)CC2=O)c(Cl)n1. The lowest BCUT2D eigenvalue weighted by Crippen LogP contribution is -2.32. The van der Waals surface area contributed by atoms with Gasteiger partial charge in [-0.15, -0.1) is 0 Å². The van der Waals surface area contributed by atoms with Crippen molar-refractivity contribution in [1.29, 1.82) is 0 Å². The maximum Gasteiger partial charge on any atom is 0.228 e. The number of aromatic nitrogens is 2. The monoisotopic (exact) mass is 325 g/mol. The number of nitrogen functional groups attached to an aromatic ring is 1. The van der Waals surface area contributed by atoms with Crippen molar-refractivity contribution in [2.45, 2.75) is 11.7 Å². The molecule has 1 aliphatic rings. The summed E-state index contributed by atoms with van der Waals surface area (Å²) in [7, 11) is -3.82. The van der Waals surface area contributed by atoms with Gasteiger partial charge >= 0.3 is 0 Å². The highest BCUT2D eigenvalue weighted by molar-refractivity contribution is 7.89. The van der Waals surface area contributed by atoms with Crippen LogP contribution in [-0.4, -0.2) is 36.1 Å². The molecule has 19 heavy (non-hydrogen) atoms. The van der Waals surface area contributed by atoms with Crippen LogP contribution in [0.25, 0.3) is 0 Å². The Morgan fingerprint density at radius 2 is 1.79 bits per heavy atom. The molecule has 1 atom stereocenters. The van der Waals surface area contributed by atoms with Crippen LogP contribution in [0.2, 0.25) is 10.3 Å². The lowest BCUT2D eigenvalue weighted by Gasteiger charge is -2.18. The third kappa shape index (κ3) is 2.73. The fraction of sp³-hybridized carbons (Fsp3) is 0.375. The summed E-state index contributed by atoms with van der Waals surface area (Å²) in [6, 6.07) is 0. The number of amides is 1. The second kappa shape index (κ2) is 4.75. The number of sulfonamides is 1. The van der Waals surface area contributed by atoms with Gasteiger partial charge in [-0.25, -0.2) is 13.6 Å². The van der Waals surface area contributed by atoms with E-state index in [0.717, 1.165) is 4.90 Å². The zero-order chi connectivity index (χ0) is 14.4. The number of anilines is 2. The van der Waals surface area contributed by atoms with E-state index in [2.05, 4.69) is 9.97 Å².